The van der Waals surface area contributed by atoms with Crippen LogP contribution in [0.15, 0.2) is 23.3 Å². The van der Waals surface area contributed by atoms with E-state index in [1.807, 2.05) is 10.7 Å². The number of rotatable bonds is 5. The second-order valence-electron chi connectivity index (χ2n) is 4.32. The minimum atomic E-state index is -4.73. The van der Waals surface area contributed by atoms with Crippen LogP contribution in [0.3, 0.4) is 0 Å². The Labute approximate surface area is 131 Å². The number of halogens is 6. The topological polar surface area (TPSA) is 110 Å². The third-order valence-corrected chi connectivity index (χ3v) is 2.48. The highest BCUT2D eigenvalue weighted by Crippen LogP contribution is 2.34. The third kappa shape index (κ3) is 5.67. The molecule has 5 N–H and O–H groups in total. The van der Waals surface area contributed by atoms with E-state index in [9.17, 15) is 26.3 Å². The Morgan fingerprint density at radius 1 is 1.21 bits per heavy atom. The van der Waals surface area contributed by atoms with Crippen LogP contribution in [0.5, 0.6) is 0 Å². The summed E-state index contributed by atoms with van der Waals surface area (Å²) in [6.45, 7) is -1.49. The molecule has 0 saturated carbocycles. The van der Waals surface area contributed by atoms with E-state index in [1.54, 1.807) is 0 Å². The van der Waals surface area contributed by atoms with E-state index in [4.69, 9.17) is 16.4 Å². The minimum Gasteiger partial charge on any atom is -0.382 e. The Balaban J connectivity index is 3.20. The molecule has 0 aliphatic carbocycles. The van der Waals surface area contributed by atoms with Gasteiger partial charge >= 0.3 is 12.4 Å². The van der Waals surface area contributed by atoms with E-state index in [1.165, 1.54) is 6.07 Å². The van der Waals surface area contributed by atoms with Gasteiger partial charge in [-0.05, 0) is 18.2 Å². The smallest absolute Gasteiger partial charge is 0.382 e. The van der Waals surface area contributed by atoms with Gasteiger partial charge in [-0.3, -0.25) is 10.8 Å². The lowest BCUT2D eigenvalue weighted by Gasteiger charge is -2.15. The van der Waals surface area contributed by atoms with Crippen LogP contribution < -0.4 is 16.5 Å². The lowest BCUT2D eigenvalue weighted by Crippen LogP contribution is -2.23. The fourth-order valence-electron chi connectivity index (χ4n) is 1.42. The molecule has 0 unspecified atom stereocenters. The van der Waals surface area contributed by atoms with Crippen LogP contribution in [0.25, 0.3) is 0 Å². The van der Waals surface area contributed by atoms with Crippen molar-refractivity contribution in [3.05, 3.63) is 23.8 Å². The summed E-state index contributed by atoms with van der Waals surface area (Å²) in [5, 5.41) is 20.9. The quantitative estimate of drug-likeness (QED) is 0.283. The summed E-state index contributed by atoms with van der Waals surface area (Å²) >= 11 is 0. The van der Waals surface area contributed by atoms with E-state index < -0.39 is 41.7 Å². The van der Waals surface area contributed by atoms with Gasteiger partial charge in [0.1, 0.15) is 12.6 Å². The van der Waals surface area contributed by atoms with Crippen molar-refractivity contribution in [3.63, 3.8) is 0 Å². The highest BCUT2D eigenvalue weighted by Gasteiger charge is 2.32. The van der Waals surface area contributed by atoms with Crippen LogP contribution >= 0.6 is 0 Å². The number of amidine groups is 1. The molecule has 0 amide bonds. The van der Waals surface area contributed by atoms with Gasteiger partial charge in [0.25, 0.3) is 0 Å². The Morgan fingerprint density at radius 3 is 2.29 bits per heavy atom. The van der Waals surface area contributed by atoms with Gasteiger partial charge in [0, 0.05) is 0 Å². The highest BCUT2D eigenvalue weighted by molar-refractivity contribution is 6.45. The normalized spacial score (nSPS) is 12.5. The first-order valence-corrected chi connectivity index (χ1v) is 6.04. The van der Waals surface area contributed by atoms with Crippen molar-refractivity contribution in [2.24, 2.45) is 10.8 Å². The first-order chi connectivity index (χ1) is 10.9. The van der Waals surface area contributed by atoms with Gasteiger partial charge in [0.05, 0.1) is 16.9 Å². The number of nitrogens with zero attached hydrogens (tertiary/aromatic N) is 2. The Kier molecular flexibility index (Phi) is 5.62. The molecule has 0 saturated heterocycles. The predicted octanol–water partition coefficient (Wildman–Crippen LogP) is 2.91. The molecular weight excluding hydrogens is 342 g/mol. The minimum absolute atomic E-state index is 0.329. The van der Waals surface area contributed by atoms with Gasteiger partial charge in [0.15, 0.2) is 5.84 Å². The molecule has 0 fully saturated rings. The molecule has 0 radical (unpaired) electrons. The number of nitrogens with two attached hydrogens (primary N) is 1. The maximum absolute atomic E-state index is 12.7. The molecule has 1 rings (SSSR count). The van der Waals surface area contributed by atoms with Crippen molar-refractivity contribution in [2.75, 3.05) is 17.3 Å². The van der Waals surface area contributed by atoms with E-state index in [0.717, 1.165) is 6.07 Å². The average molecular weight is 352 g/mol. The van der Waals surface area contributed by atoms with Crippen LogP contribution in [0.4, 0.5) is 37.7 Å². The molecule has 1 aromatic carbocycles. The van der Waals surface area contributed by atoms with Crippen LogP contribution in [-0.2, 0) is 6.18 Å². The van der Waals surface area contributed by atoms with Crippen molar-refractivity contribution in [3.8, 4) is 6.07 Å². The van der Waals surface area contributed by atoms with Crippen molar-refractivity contribution in [1.82, 2.24) is 0 Å². The van der Waals surface area contributed by atoms with Crippen LogP contribution in [0.1, 0.15) is 5.56 Å². The van der Waals surface area contributed by atoms with E-state index >= 15 is 0 Å². The molecule has 12 heteroatoms. The second-order valence-corrected chi connectivity index (χ2v) is 4.32. The van der Waals surface area contributed by atoms with Crippen molar-refractivity contribution >= 4 is 22.9 Å². The molecule has 0 aliphatic rings. The van der Waals surface area contributed by atoms with Gasteiger partial charge in [-0.25, -0.2) is 0 Å². The number of alkyl halides is 6. The van der Waals surface area contributed by atoms with Crippen LogP contribution in [0, 0.1) is 16.7 Å². The highest BCUT2D eigenvalue weighted by atomic mass is 19.4. The van der Waals surface area contributed by atoms with Gasteiger partial charge in [-0.15, -0.1) is 0 Å². The number of hydrogen-bond donors (Lipinski definition) is 4. The second kappa shape index (κ2) is 7.07. The number of hydrogen-bond acceptors (Lipinski definition) is 5. The summed E-state index contributed by atoms with van der Waals surface area (Å²) in [4.78, 5) is 0. The van der Waals surface area contributed by atoms with Gasteiger partial charge < -0.3 is 11.1 Å². The van der Waals surface area contributed by atoms with Crippen molar-refractivity contribution < 1.29 is 26.3 Å². The molecule has 0 heterocycles. The summed E-state index contributed by atoms with van der Waals surface area (Å²) in [5.41, 5.74) is 4.44. The lowest BCUT2D eigenvalue weighted by atomic mass is 10.1. The maximum atomic E-state index is 12.7. The zero-order valence-electron chi connectivity index (χ0n) is 11.7. The molecule has 1 aromatic rings. The first-order valence-electron chi connectivity index (χ1n) is 6.04. The Morgan fingerprint density at radius 2 is 1.83 bits per heavy atom. The summed E-state index contributed by atoms with van der Waals surface area (Å²) < 4.78 is 74.8. The molecule has 0 aromatic heterocycles. The van der Waals surface area contributed by atoms with Gasteiger partial charge in [-0.2, -0.15) is 36.7 Å². The molecule has 0 spiro atoms. The summed E-state index contributed by atoms with van der Waals surface area (Å²) in [7, 11) is 0. The van der Waals surface area contributed by atoms with Gasteiger partial charge in [-0.1, -0.05) is 0 Å². The Hall–Kier alpha value is -2.97. The van der Waals surface area contributed by atoms with Crippen molar-refractivity contribution in [1.29, 1.82) is 10.7 Å². The molecule has 0 aliphatic heterocycles. The summed E-state index contributed by atoms with van der Waals surface area (Å²) in [5.74, 6) is -0.762. The number of nitriles is 1. The predicted molar refractivity (Wildman–Crippen MR) is 74.6 cm³/mol. The SMILES string of the molecule is N#C/C(=N\Nc1cc(C(F)(F)F)ccc1NCC(F)(F)F)C(=N)N. The average Bonchev–Trinajstić information content (AvgIpc) is 2.44. The van der Waals surface area contributed by atoms with Crippen LogP contribution in [0.2, 0.25) is 0 Å². The zero-order chi connectivity index (χ0) is 18.5. The molecular formula is C12H10F6N6. The first kappa shape index (κ1) is 19.1. The monoisotopic (exact) mass is 352 g/mol. The number of nitrogens with one attached hydrogen (secondary N) is 3. The zero-order valence-corrected chi connectivity index (χ0v) is 11.7. The third-order valence-electron chi connectivity index (χ3n) is 2.48. The maximum Gasteiger partial charge on any atom is 0.416 e. The fourth-order valence-corrected chi connectivity index (χ4v) is 1.42. The Bertz CT molecular complexity index is 685. The largest absolute Gasteiger partial charge is 0.416 e. The van der Waals surface area contributed by atoms with Crippen LogP contribution in [-0.4, -0.2) is 24.3 Å². The number of benzene rings is 1. The number of hydrazone groups is 1. The molecule has 0 atom stereocenters. The fraction of sp³-hybridized carbons (Fsp3) is 0.250. The number of anilines is 2. The molecule has 24 heavy (non-hydrogen) atoms. The standard InChI is InChI=1S/C12H10F6N6/c13-11(14,15)5-22-7-2-1-6(12(16,17)18)3-8(7)23-24-9(4-19)10(20)21/h1-3,22-23H,5H2,(H3,20,21)/b24-9+. The molecule has 0 bridgehead atoms. The summed E-state index contributed by atoms with van der Waals surface area (Å²) in [6.07, 6.45) is -9.33. The van der Waals surface area contributed by atoms with E-state index in [-0.39, 0.29) is 5.69 Å². The van der Waals surface area contributed by atoms with E-state index in [2.05, 4.69) is 5.10 Å². The van der Waals surface area contributed by atoms with Gasteiger partial charge in [0.2, 0.25) is 5.71 Å². The lowest BCUT2D eigenvalue weighted by molar-refractivity contribution is -0.137. The molecule has 130 valence electrons. The summed E-state index contributed by atoms with van der Waals surface area (Å²) in [6, 6.07) is 3.29. The molecule has 6 nitrogen and oxygen atoms in total. The van der Waals surface area contributed by atoms with Crippen molar-refractivity contribution in [2.45, 2.75) is 12.4 Å². The van der Waals surface area contributed by atoms with E-state index in [0.29, 0.717) is 12.1 Å².